The van der Waals surface area contributed by atoms with Gasteiger partial charge in [-0.15, -0.1) is 11.3 Å². The average Bonchev–Trinajstić information content (AvgIpc) is 2.90. The molecule has 18 heavy (non-hydrogen) atoms. The number of thiazole rings is 1. The molecule has 0 bridgehead atoms. The van der Waals surface area contributed by atoms with Crippen LogP contribution in [0.15, 0.2) is 35.8 Å². The lowest BCUT2D eigenvalue weighted by molar-refractivity contribution is -0.114. The maximum Gasteiger partial charge on any atom is 0.243 e. The van der Waals surface area contributed by atoms with Crippen LogP contribution in [0.25, 0.3) is 0 Å². The summed E-state index contributed by atoms with van der Waals surface area (Å²) >= 11 is 1.44. The third-order valence-corrected chi connectivity index (χ3v) is 2.86. The van der Waals surface area contributed by atoms with E-state index in [-0.39, 0.29) is 12.5 Å². The zero-order chi connectivity index (χ0) is 12.8. The molecule has 0 spiro atoms. The van der Waals surface area contributed by atoms with E-state index < -0.39 is 0 Å². The van der Waals surface area contributed by atoms with Crippen molar-refractivity contribution in [2.75, 3.05) is 17.2 Å². The molecular formula is C12H10N4OS. The van der Waals surface area contributed by atoms with Gasteiger partial charge in [-0.25, -0.2) is 4.98 Å². The first-order chi connectivity index (χ1) is 8.78. The number of benzene rings is 1. The standard InChI is InChI=1S/C12H10N4OS/c13-7-9-1-3-10(4-2-9)16-11(17)8-15-12-14-5-6-18-12/h1-6H,8H2,(H,14,15)(H,16,17). The Morgan fingerprint density at radius 2 is 2.17 bits per heavy atom. The van der Waals surface area contributed by atoms with Gasteiger partial charge in [-0.1, -0.05) is 0 Å². The first kappa shape index (κ1) is 12.1. The van der Waals surface area contributed by atoms with Crippen LogP contribution in [0.1, 0.15) is 5.56 Å². The third-order valence-electron chi connectivity index (χ3n) is 2.13. The molecule has 1 aromatic carbocycles. The van der Waals surface area contributed by atoms with Crippen LogP contribution in [0.2, 0.25) is 0 Å². The van der Waals surface area contributed by atoms with Crippen LogP contribution in [0, 0.1) is 11.3 Å². The molecule has 0 saturated carbocycles. The van der Waals surface area contributed by atoms with E-state index in [2.05, 4.69) is 15.6 Å². The average molecular weight is 258 g/mol. The number of anilines is 2. The van der Waals surface area contributed by atoms with Crippen LogP contribution < -0.4 is 10.6 Å². The zero-order valence-corrected chi connectivity index (χ0v) is 10.2. The van der Waals surface area contributed by atoms with Crippen molar-refractivity contribution < 1.29 is 4.79 Å². The van der Waals surface area contributed by atoms with Crippen molar-refractivity contribution >= 4 is 28.1 Å². The first-order valence-electron chi connectivity index (χ1n) is 5.21. The molecule has 0 radical (unpaired) electrons. The number of rotatable bonds is 4. The normalized spacial score (nSPS) is 9.50. The van der Waals surface area contributed by atoms with Gasteiger partial charge in [0.15, 0.2) is 5.13 Å². The number of hydrogen-bond donors (Lipinski definition) is 2. The molecule has 0 fully saturated rings. The molecule has 0 aliphatic carbocycles. The molecule has 6 heteroatoms. The van der Waals surface area contributed by atoms with E-state index in [1.54, 1.807) is 30.5 Å². The topological polar surface area (TPSA) is 77.8 Å². The first-order valence-corrected chi connectivity index (χ1v) is 6.09. The molecule has 1 amide bonds. The molecule has 0 aliphatic heterocycles. The van der Waals surface area contributed by atoms with E-state index in [1.165, 1.54) is 11.3 Å². The fourth-order valence-corrected chi connectivity index (χ4v) is 1.83. The summed E-state index contributed by atoms with van der Waals surface area (Å²) in [4.78, 5) is 15.6. The smallest absolute Gasteiger partial charge is 0.243 e. The van der Waals surface area contributed by atoms with Crippen LogP contribution in [0.4, 0.5) is 10.8 Å². The number of carbonyl (C=O) groups is 1. The number of nitrogens with zero attached hydrogens (tertiary/aromatic N) is 2. The fourth-order valence-electron chi connectivity index (χ4n) is 1.30. The van der Waals surface area contributed by atoms with Gasteiger partial charge in [0.25, 0.3) is 0 Å². The summed E-state index contributed by atoms with van der Waals surface area (Å²) < 4.78 is 0. The van der Waals surface area contributed by atoms with Gasteiger partial charge >= 0.3 is 0 Å². The van der Waals surface area contributed by atoms with Crippen molar-refractivity contribution in [2.45, 2.75) is 0 Å². The highest BCUT2D eigenvalue weighted by Gasteiger charge is 2.03. The number of aromatic nitrogens is 1. The lowest BCUT2D eigenvalue weighted by Crippen LogP contribution is -2.21. The highest BCUT2D eigenvalue weighted by Crippen LogP contribution is 2.11. The van der Waals surface area contributed by atoms with Crippen LogP contribution in [-0.4, -0.2) is 17.4 Å². The molecule has 5 nitrogen and oxygen atoms in total. The van der Waals surface area contributed by atoms with Crippen LogP contribution in [0.5, 0.6) is 0 Å². The van der Waals surface area contributed by atoms with Gasteiger partial charge < -0.3 is 10.6 Å². The fraction of sp³-hybridized carbons (Fsp3) is 0.0833. The number of nitriles is 1. The molecule has 1 aromatic heterocycles. The Bertz CT molecular complexity index is 557. The minimum atomic E-state index is -0.157. The van der Waals surface area contributed by atoms with Crippen LogP contribution in [-0.2, 0) is 4.79 Å². The predicted molar refractivity (Wildman–Crippen MR) is 70.4 cm³/mol. The second-order valence-corrected chi connectivity index (χ2v) is 4.32. The summed E-state index contributed by atoms with van der Waals surface area (Å²) in [7, 11) is 0. The lowest BCUT2D eigenvalue weighted by Gasteiger charge is -2.05. The molecular weight excluding hydrogens is 248 g/mol. The Balaban J connectivity index is 1.85. The second-order valence-electron chi connectivity index (χ2n) is 3.43. The van der Waals surface area contributed by atoms with Crippen LogP contribution in [0.3, 0.4) is 0 Å². The van der Waals surface area contributed by atoms with Gasteiger partial charge in [-0.2, -0.15) is 5.26 Å². The van der Waals surface area contributed by atoms with E-state index >= 15 is 0 Å². The zero-order valence-electron chi connectivity index (χ0n) is 9.38. The van der Waals surface area contributed by atoms with Crippen LogP contribution >= 0.6 is 11.3 Å². The van der Waals surface area contributed by atoms with Gasteiger partial charge in [-0.3, -0.25) is 4.79 Å². The number of nitrogens with one attached hydrogen (secondary N) is 2. The van der Waals surface area contributed by atoms with Crippen molar-refractivity contribution in [1.82, 2.24) is 4.98 Å². The Morgan fingerprint density at radius 1 is 1.39 bits per heavy atom. The quantitative estimate of drug-likeness (QED) is 0.880. The number of hydrogen-bond acceptors (Lipinski definition) is 5. The Kier molecular flexibility index (Phi) is 3.89. The summed E-state index contributed by atoms with van der Waals surface area (Å²) in [5.74, 6) is -0.157. The molecule has 0 aliphatic rings. The Labute approximate surface area is 108 Å². The maximum absolute atomic E-state index is 11.6. The Hall–Kier alpha value is -2.39. The van der Waals surface area contributed by atoms with E-state index in [0.717, 1.165) is 0 Å². The van der Waals surface area contributed by atoms with Crippen molar-refractivity contribution in [3.63, 3.8) is 0 Å². The number of amides is 1. The van der Waals surface area contributed by atoms with E-state index in [9.17, 15) is 4.79 Å². The third kappa shape index (κ3) is 3.30. The summed E-state index contributed by atoms with van der Waals surface area (Å²) in [5.41, 5.74) is 1.23. The minimum Gasteiger partial charge on any atom is -0.352 e. The van der Waals surface area contributed by atoms with Gasteiger partial charge in [0.2, 0.25) is 5.91 Å². The van der Waals surface area contributed by atoms with Crippen molar-refractivity contribution in [2.24, 2.45) is 0 Å². The molecule has 2 rings (SSSR count). The van der Waals surface area contributed by atoms with Crippen molar-refractivity contribution in [3.8, 4) is 6.07 Å². The van der Waals surface area contributed by atoms with Gasteiger partial charge in [0.1, 0.15) is 0 Å². The van der Waals surface area contributed by atoms with Gasteiger partial charge in [-0.05, 0) is 24.3 Å². The summed E-state index contributed by atoms with van der Waals surface area (Å²) in [6, 6.07) is 8.72. The van der Waals surface area contributed by atoms with Crippen molar-refractivity contribution in [3.05, 3.63) is 41.4 Å². The summed E-state index contributed by atoms with van der Waals surface area (Å²) in [6.45, 7) is 0.160. The SMILES string of the molecule is N#Cc1ccc(NC(=O)CNc2nccs2)cc1. The maximum atomic E-state index is 11.6. The molecule has 1 heterocycles. The van der Waals surface area contributed by atoms with E-state index in [4.69, 9.17) is 5.26 Å². The molecule has 90 valence electrons. The van der Waals surface area contributed by atoms with E-state index in [1.807, 2.05) is 11.4 Å². The van der Waals surface area contributed by atoms with E-state index in [0.29, 0.717) is 16.4 Å². The van der Waals surface area contributed by atoms with Crippen molar-refractivity contribution in [1.29, 1.82) is 5.26 Å². The van der Waals surface area contributed by atoms with Gasteiger partial charge in [0.05, 0.1) is 18.2 Å². The molecule has 0 unspecified atom stereocenters. The molecule has 0 atom stereocenters. The Morgan fingerprint density at radius 3 is 2.78 bits per heavy atom. The monoisotopic (exact) mass is 258 g/mol. The highest BCUT2D eigenvalue weighted by atomic mass is 32.1. The second kappa shape index (κ2) is 5.80. The molecule has 2 aromatic rings. The summed E-state index contributed by atoms with van der Waals surface area (Å²) in [6.07, 6.45) is 1.67. The summed E-state index contributed by atoms with van der Waals surface area (Å²) in [5, 5.41) is 16.8. The number of carbonyl (C=O) groups excluding carboxylic acids is 1. The lowest BCUT2D eigenvalue weighted by atomic mass is 10.2. The van der Waals surface area contributed by atoms with Gasteiger partial charge in [0, 0.05) is 17.3 Å². The molecule has 0 saturated heterocycles. The minimum absolute atomic E-state index is 0.157. The molecule has 2 N–H and O–H groups in total. The largest absolute Gasteiger partial charge is 0.352 e. The highest BCUT2D eigenvalue weighted by molar-refractivity contribution is 7.13. The predicted octanol–water partition coefficient (Wildman–Crippen LogP) is 2.07.